The summed E-state index contributed by atoms with van der Waals surface area (Å²) in [6.45, 7) is 4.25. The van der Waals surface area contributed by atoms with Crippen molar-refractivity contribution in [3.8, 4) is 5.75 Å². The Balaban J connectivity index is 1.99. The first-order valence-corrected chi connectivity index (χ1v) is 8.88. The van der Waals surface area contributed by atoms with Gasteiger partial charge in [-0.15, -0.1) is 0 Å². The first kappa shape index (κ1) is 17.3. The van der Waals surface area contributed by atoms with Crippen molar-refractivity contribution in [1.29, 1.82) is 0 Å². The zero-order chi connectivity index (χ0) is 18.5. The molecular weight excluding hydrogens is 332 g/mol. The molecule has 6 nitrogen and oxygen atoms in total. The largest absolute Gasteiger partial charge is 0.462 e. The van der Waals surface area contributed by atoms with Crippen LogP contribution in [0.5, 0.6) is 5.75 Å². The van der Waals surface area contributed by atoms with Crippen LogP contribution in [0.3, 0.4) is 0 Å². The molecule has 0 amide bonds. The first-order valence-electron chi connectivity index (χ1n) is 8.88. The average molecular weight is 356 g/mol. The highest BCUT2D eigenvalue weighted by Gasteiger charge is 2.72. The van der Waals surface area contributed by atoms with Gasteiger partial charge >= 0.3 is 0 Å². The van der Waals surface area contributed by atoms with Crippen molar-refractivity contribution < 1.29 is 19.5 Å². The minimum Gasteiger partial charge on any atom is -0.462 e. The van der Waals surface area contributed by atoms with Crippen LogP contribution in [0.25, 0.3) is 0 Å². The topological polar surface area (TPSA) is 72.3 Å². The number of oxime groups is 1. The van der Waals surface area contributed by atoms with Gasteiger partial charge in [0.15, 0.2) is 5.60 Å². The van der Waals surface area contributed by atoms with Crippen molar-refractivity contribution in [2.45, 2.75) is 43.9 Å². The minimum absolute atomic E-state index is 0.349. The van der Waals surface area contributed by atoms with E-state index in [4.69, 9.17) is 14.4 Å². The Labute approximate surface area is 153 Å². The number of rotatable bonds is 4. The van der Waals surface area contributed by atoms with Crippen LogP contribution in [0, 0.1) is 0 Å². The van der Waals surface area contributed by atoms with E-state index in [-0.39, 0.29) is 0 Å². The fourth-order valence-electron chi connectivity index (χ4n) is 4.18. The van der Waals surface area contributed by atoms with Gasteiger partial charge in [-0.2, -0.15) is 5.48 Å². The van der Waals surface area contributed by atoms with Crippen LogP contribution in [0.1, 0.15) is 43.7 Å². The van der Waals surface area contributed by atoms with E-state index in [0.29, 0.717) is 22.9 Å². The van der Waals surface area contributed by atoms with Gasteiger partial charge in [0, 0.05) is 16.7 Å². The third kappa shape index (κ3) is 2.00. The van der Waals surface area contributed by atoms with E-state index in [9.17, 15) is 5.11 Å². The van der Waals surface area contributed by atoms with Crippen molar-refractivity contribution in [3.05, 3.63) is 52.6 Å². The fraction of sp³-hybridized carbons (Fsp3) is 0.450. The molecule has 0 saturated heterocycles. The van der Waals surface area contributed by atoms with E-state index in [0.717, 1.165) is 29.6 Å². The molecule has 2 unspecified atom stereocenters. The molecule has 1 aromatic rings. The van der Waals surface area contributed by atoms with Crippen LogP contribution >= 0.6 is 0 Å². The lowest BCUT2D eigenvalue weighted by Crippen LogP contribution is -2.60. The summed E-state index contributed by atoms with van der Waals surface area (Å²) >= 11 is 0. The molecule has 1 heterocycles. The molecule has 1 aliphatic heterocycles. The molecule has 3 aliphatic rings. The van der Waals surface area contributed by atoms with E-state index >= 15 is 0 Å². The smallest absolute Gasteiger partial charge is 0.247 e. The summed E-state index contributed by atoms with van der Waals surface area (Å²) < 4.78 is 6.37. The maximum absolute atomic E-state index is 12.0. The van der Waals surface area contributed by atoms with Crippen LogP contribution in [0.4, 0.5) is 0 Å². The summed E-state index contributed by atoms with van der Waals surface area (Å²) in [6.07, 6.45) is 5.87. The monoisotopic (exact) mass is 356 g/mol. The number of nitrogens with one attached hydrogen (secondary N) is 1. The molecule has 0 bridgehead atoms. The summed E-state index contributed by atoms with van der Waals surface area (Å²) in [5.74, 6) is 0.972. The van der Waals surface area contributed by atoms with Crippen molar-refractivity contribution >= 4 is 5.71 Å². The summed E-state index contributed by atoms with van der Waals surface area (Å²) in [6, 6.07) is 5.91. The van der Waals surface area contributed by atoms with E-state index in [1.165, 1.54) is 14.2 Å². The third-order valence-electron chi connectivity index (χ3n) is 5.39. The number of hydrogen-bond donors (Lipinski definition) is 2. The number of fused-ring (bicyclic) bond motifs is 5. The van der Waals surface area contributed by atoms with Gasteiger partial charge in [-0.25, -0.2) is 0 Å². The Morgan fingerprint density at radius 2 is 2.00 bits per heavy atom. The molecule has 1 saturated carbocycles. The lowest BCUT2D eigenvalue weighted by molar-refractivity contribution is -0.136. The van der Waals surface area contributed by atoms with Gasteiger partial charge in [0.1, 0.15) is 18.6 Å². The molecular formula is C20H24N2O4. The molecule has 6 heteroatoms. The van der Waals surface area contributed by atoms with Crippen molar-refractivity contribution in [3.63, 3.8) is 0 Å². The second kappa shape index (κ2) is 5.94. The van der Waals surface area contributed by atoms with Gasteiger partial charge < -0.3 is 19.5 Å². The van der Waals surface area contributed by atoms with E-state index in [1.54, 1.807) is 0 Å². The standard InChI is InChI=1S/C20H24N2O4/c1-12(2)13-9-10-16-17(11-13)26-20(22-25-4)15-8-6-5-7-14(15)18(21-24-3)19(16,20)23/h7-12,22-23H,5-6H2,1-4H3/b21-18-. The zero-order valence-corrected chi connectivity index (χ0v) is 15.5. The van der Waals surface area contributed by atoms with Crippen molar-refractivity contribution in [1.82, 2.24) is 5.48 Å². The van der Waals surface area contributed by atoms with E-state index in [1.807, 2.05) is 18.2 Å². The second-order valence-electron chi connectivity index (χ2n) is 7.15. The molecule has 0 aromatic heterocycles. The number of hydrogen-bond acceptors (Lipinski definition) is 6. The van der Waals surface area contributed by atoms with Gasteiger partial charge in [0.25, 0.3) is 0 Å². The summed E-state index contributed by atoms with van der Waals surface area (Å²) in [5.41, 5.74) is 3.98. The highest BCUT2D eigenvalue weighted by Crippen LogP contribution is 2.59. The van der Waals surface area contributed by atoms with Gasteiger partial charge in [-0.3, -0.25) is 0 Å². The molecule has 0 radical (unpaired) electrons. The van der Waals surface area contributed by atoms with Crippen molar-refractivity contribution in [2.24, 2.45) is 5.16 Å². The molecule has 138 valence electrons. The predicted octanol–water partition coefficient (Wildman–Crippen LogP) is 2.90. The minimum atomic E-state index is -1.55. The molecule has 2 N–H and O–H groups in total. The molecule has 1 aromatic carbocycles. The summed E-state index contributed by atoms with van der Waals surface area (Å²) in [4.78, 5) is 10.4. The zero-order valence-electron chi connectivity index (χ0n) is 15.5. The van der Waals surface area contributed by atoms with Gasteiger partial charge in [-0.1, -0.05) is 43.3 Å². The lowest BCUT2D eigenvalue weighted by atomic mass is 9.85. The lowest BCUT2D eigenvalue weighted by Gasteiger charge is -2.35. The quantitative estimate of drug-likeness (QED) is 0.812. The van der Waals surface area contributed by atoms with Crippen LogP contribution < -0.4 is 10.2 Å². The third-order valence-corrected chi connectivity index (χ3v) is 5.39. The Kier molecular flexibility index (Phi) is 3.95. The Bertz CT molecular complexity index is 842. The number of hydroxylamine groups is 1. The summed E-state index contributed by atoms with van der Waals surface area (Å²) in [5, 5.41) is 16.1. The van der Waals surface area contributed by atoms with E-state index in [2.05, 4.69) is 36.6 Å². The Hall–Kier alpha value is -2.15. The maximum atomic E-state index is 12.0. The highest BCUT2D eigenvalue weighted by molar-refractivity contribution is 6.16. The van der Waals surface area contributed by atoms with Crippen LogP contribution in [-0.4, -0.2) is 30.8 Å². The first-order chi connectivity index (χ1) is 12.5. The molecule has 4 rings (SSSR count). The second-order valence-corrected chi connectivity index (χ2v) is 7.15. The predicted molar refractivity (Wildman–Crippen MR) is 97.8 cm³/mol. The number of nitrogens with zero attached hydrogens (tertiary/aromatic N) is 1. The number of aliphatic hydroxyl groups is 1. The van der Waals surface area contributed by atoms with Crippen LogP contribution in [-0.2, 0) is 15.3 Å². The Morgan fingerprint density at radius 3 is 2.69 bits per heavy atom. The number of ether oxygens (including phenoxy) is 1. The fourth-order valence-corrected chi connectivity index (χ4v) is 4.18. The van der Waals surface area contributed by atoms with Crippen molar-refractivity contribution in [2.75, 3.05) is 14.2 Å². The van der Waals surface area contributed by atoms with E-state index < -0.39 is 11.3 Å². The normalized spacial score (nSPS) is 30.5. The average Bonchev–Trinajstić information content (AvgIpc) is 2.99. The SMILES string of the molecule is CO/N=C1/C2=CCCC=C2C2(NOC)Oc3cc(C(C)C)ccc3C12O. The molecule has 1 fully saturated rings. The number of allylic oxidation sites excluding steroid dienone is 2. The maximum Gasteiger partial charge on any atom is 0.247 e. The molecule has 26 heavy (non-hydrogen) atoms. The number of benzene rings is 1. The van der Waals surface area contributed by atoms with Gasteiger partial charge in [-0.05, 0) is 30.4 Å². The Morgan fingerprint density at radius 1 is 1.23 bits per heavy atom. The molecule has 2 aliphatic carbocycles. The van der Waals surface area contributed by atoms with Crippen LogP contribution in [0.15, 0.2) is 46.7 Å². The molecule has 2 atom stereocenters. The van der Waals surface area contributed by atoms with Crippen LogP contribution in [0.2, 0.25) is 0 Å². The highest BCUT2D eigenvalue weighted by atomic mass is 16.7. The summed E-state index contributed by atoms with van der Waals surface area (Å²) in [7, 11) is 2.99. The molecule has 0 spiro atoms. The van der Waals surface area contributed by atoms with Gasteiger partial charge in [0.05, 0.1) is 7.11 Å². The van der Waals surface area contributed by atoms with Gasteiger partial charge in [0.2, 0.25) is 5.72 Å².